The molecule has 0 spiro atoms. The highest BCUT2D eigenvalue weighted by Crippen LogP contribution is 2.21. The van der Waals surface area contributed by atoms with Gasteiger partial charge in [0.2, 0.25) is 5.43 Å². The van der Waals surface area contributed by atoms with Crippen molar-refractivity contribution in [1.29, 1.82) is 0 Å². The molecule has 0 saturated heterocycles. The Morgan fingerprint density at radius 2 is 1.70 bits per heavy atom. The Labute approximate surface area is 155 Å². The number of nitrogens with one attached hydrogen (secondary N) is 1. The van der Waals surface area contributed by atoms with E-state index in [1.54, 1.807) is 36.4 Å². The lowest BCUT2D eigenvalue weighted by molar-refractivity contribution is -0.118. The van der Waals surface area contributed by atoms with Crippen LogP contribution in [0.1, 0.15) is 5.56 Å². The summed E-state index contributed by atoms with van der Waals surface area (Å²) in [4.78, 5) is 24.7. The van der Waals surface area contributed by atoms with Crippen molar-refractivity contribution in [3.8, 4) is 5.75 Å². The molecule has 0 aliphatic rings. The summed E-state index contributed by atoms with van der Waals surface area (Å²) in [5, 5.41) is 3.77. The number of hydrogen-bond donors (Lipinski definition) is 1. The largest absolute Gasteiger partial charge is 0.484 e. The van der Waals surface area contributed by atoms with Crippen LogP contribution in [0.2, 0.25) is 0 Å². The van der Waals surface area contributed by atoms with Crippen molar-refractivity contribution in [2.45, 2.75) is 6.92 Å². The number of aryl methyl sites for hydroxylation is 1. The van der Waals surface area contributed by atoms with E-state index >= 15 is 0 Å². The van der Waals surface area contributed by atoms with Gasteiger partial charge in [0.25, 0.3) is 5.91 Å². The molecule has 4 rings (SSSR count). The highest BCUT2D eigenvalue weighted by Gasteiger charge is 2.09. The highest BCUT2D eigenvalue weighted by atomic mass is 16.5. The Morgan fingerprint density at radius 1 is 0.963 bits per heavy atom. The molecule has 0 unspecified atom stereocenters. The molecule has 0 radical (unpaired) electrons. The van der Waals surface area contributed by atoms with E-state index < -0.39 is 0 Å². The highest BCUT2D eigenvalue weighted by molar-refractivity contribution is 5.96. The molecule has 0 aliphatic carbocycles. The maximum absolute atomic E-state index is 12.5. The number of amides is 1. The van der Waals surface area contributed by atoms with Gasteiger partial charge in [0.1, 0.15) is 16.9 Å². The predicted octanol–water partition coefficient (Wildman–Crippen LogP) is 4.27. The number of rotatable bonds is 4. The summed E-state index contributed by atoms with van der Waals surface area (Å²) in [6.45, 7) is 1.88. The Hall–Kier alpha value is -3.60. The van der Waals surface area contributed by atoms with Crippen LogP contribution in [0.5, 0.6) is 5.75 Å². The normalized spacial score (nSPS) is 10.9. The van der Waals surface area contributed by atoms with Gasteiger partial charge in [-0.05, 0) is 43.3 Å². The quantitative estimate of drug-likeness (QED) is 0.553. The first kappa shape index (κ1) is 16.8. The standard InChI is InChI=1S/C22H17NO4/c1-14-6-9-16(10-7-14)26-13-21(24)23-15-8-11-18-20(12-15)27-19-5-3-2-4-17(19)22(18)25/h2-12H,13H2,1H3,(H,23,24). The lowest BCUT2D eigenvalue weighted by Crippen LogP contribution is -2.20. The molecule has 0 saturated carbocycles. The Kier molecular flexibility index (Phi) is 4.34. The minimum atomic E-state index is -0.293. The molecule has 0 atom stereocenters. The molecule has 5 nitrogen and oxygen atoms in total. The summed E-state index contributed by atoms with van der Waals surface area (Å²) < 4.78 is 11.3. The van der Waals surface area contributed by atoms with Crippen LogP contribution < -0.4 is 15.5 Å². The van der Waals surface area contributed by atoms with Gasteiger partial charge in [-0.3, -0.25) is 9.59 Å². The van der Waals surface area contributed by atoms with Crippen LogP contribution in [-0.2, 0) is 4.79 Å². The lowest BCUT2D eigenvalue weighted by atomic mass is 10.1. The maximum Gasteiger partial charge on any atom is 0.262 e. The molecule has 0 aliphatic heterocycles. The van der Waals surface area contributed by atoms with E-state index in [1.165, 1.54) is 0 Å². The van der Waals surface area contributed by atoms with Crippen LogP contribution in [0, 0.1) is 6.92 Å². The summed E-state index contributed by atoms with van der Waals surface area (Å²) in [6, 6.07) is 19.5. The van der Waals surface area contributed by atoms with Gasteiger partial charge in [-0.2, -0.15) is 0 Å². The van der Waals surface area contributed by atoms with E-state index in [2.05, 4.69) is 5.32 Å². The van der Waals surface area contributed by atoms with Gasteiger partial charge in [-0.1, -0.05) is 29.8 Å². The topological polar surface area (TPSA) is 68.5 Å². The number of carbonyl (C=O) groups excluding carboxylic acids is 1. The second-order valence-electron chi connectivity index (χ2n) is 6.29. The molecule has 134 valence electrons. The van der Waals surface area contributed by atoms with Gasteiger partial charge >= 0.3 is 0 Å². The molecular formula is C22H17NO4. The third kappa shape index (κ3) is 3.53. The van der Waals surface area contributed by atoms with E-state index in [0.717, 1.165) is 5.56 Å². The van der Waals surface area contributed by atoms with E-state index in [1.807, 2.05) is 37.3 Å². The molecular weight excluding hydrogens is 342 g/mol. The fourth-order valence-corrected chi connectivity index (χ4v) is 2.86. The first-order chi connectivity index (χ1) is 13.1. The summed E-state index contributed by atoms with van der Waals surface area (Å²) >= 11 is 0. The molecule has 5 heteroatoms. The molecule has 1 heterocycles. The summed E-state index contributed by atoms with van der Waals surface area (Å²) in [5.41, 5.74) is 2.51. The van der Waals surface area contributed by atoms with Crippen molar-refractivity contribution in [3.05, 3.63) is 82.5 Å². The lowest BCUT2D eigenvalue weighted by Gasteiger charge is -2.08. The van der Waals surface area contributed by atoms with Gasteiger partial charge in [0.05, 0.1) is 10.8 Å². The van der Waals surface area contributed by atoms with Gasteiger partial charge in [-0.25, -0.2) is 0 Å². The van der Waals surface area contributed by atoms with E-state index in [0.29, 0.717) is 33.4 Å². The first-order valence-electron chi connectivity index (χ1n) is 8.55. The molecule has 4 aromatic rings. The van der Waals surface area contributed by atoms with Crippen molar-refractivity contribution in [3.63, 3.8) is 0 Å². The molecule has 1 amide bonds. The molecule has 1 aromatic heterocycles. The minimum Gasteiger partial charge on any atom is -0.484 e. The Bertz CT molecular complexity index is 1190. The predicted molar refractivity (Wildman–Crippen MR) is 105 cm³/mol. The molecule has 27 heavy (non-hydrogen) atoms. The van der Waals surface area contributed by atoms with Crippen molar-refractivity contribution >= 4 is 33.5 Å². The number of benzene rings is 3. The third-order valence-corrected chi connectivity index (χ3v) is 4.25. The minimum absolute atomic E-state index is 0.0903. The number of carbonyl (C=O) groups is 1. The molecule has 0 fully saturated rings. The van der Waals surface area contributed by atoms with E-state index in [9.17, 15) is 9.59 Å². The average molecular weight is 359 g/mol. The number of hydrogen-bond acceptors (Lipinski definition) is 4. The fraction of sp³-hybridized carbons (Fsp3) is 0.0909. The number of ether oxygens (including phenoxy) is 1. The Morgan fingerprint density at radius 3 is 2.52 bits per heavy atom. The Balaban J connectivity index is 1.53. The van der Waals surface area contributed by atoms with Crippen LogP contribution in [-0.4, -0.2) is 12.5 Å². The summed E-state index contributed by atoms with van der Waals surface area (Å²) in [5.74, 6) is 0.338. The van der Waals surface area contributed by atoms with E-state index in [4.69, 9.17) is 9.15 Å². The van der Waals surface area contributed by atoms with Crippen LogP contribution in [0.25, 0.3) is 21.9 Å². The second kappa shape index (κ2) is 6.96. The van der Waals surface area contributed by atoms with Crippen molar-refractivity contribution in [1.82, 2.24) is 0 Å². The zero-order valence-corrected chi connectivity index (χ0v) is 14.7. The van der Waals surface area contributed by atoms with Crippen LogP contribution >= 0.6 is 0 Å². The third-order valence-electron chi connectivity index (χ3n) is 4.25. The zero-order chi connectivity index (χ0) is 18.8. The summed E-state index contributed by atoms with van der Waals surface area (Å²) in [7, 11) is 0. The van der Waals surface area contributed by atoms with Crippen molar-refractivity contribution in [2.24, 2.45) is 0 Å². The van der Waals surface area contributed by atoms with Gasteiger partial charge in [0.15, 0.2) is 6.61 Å². The molecule has 1 N–H and O–H groups in total. The van der Waals surface area contributed by atoms with Crippen molar-refractivity contribution in [2.75, 3.05) is 11.9 Å². The molecule has 3 aromatic carbocycles. The summed E-state index contributed by atoms with van der Waals surface area (Å²) in [6.07, 6.45) is 0. The van der Waals surface area contributed by atoms with Gasteiger partial charge < -0.3 is 14.5 Å². The van der Waals surface area contributed by atoms with Gasteiger partial charge in [-0.15, -0.1) is 0 Å². The number of anilines is 1. The fourth-order valence-electron chi connectivity index (χ4n) is 2.86. The first-order valence-corrected chi connectivity index (χ1v) is 8.55. The van der Waals surface area contributed by atoms with Gasteiger partial charge in [0, 0.05) is 11.8 Å². The van der Waals surface area contributed by atoms with Crippen LogP contribution in [0.4, 0.5) is 5.69 Å². The van der Waals surface area contributed by atoms with Crippen LogP contribution in [0.15, 0.2) is 75.9 Å². The average Bonchev–Trinajstić information content (AvgIpc) is 2.68. The monoisotopic (exact) mass is 359 g/mol. The SMILES string of the molecule is Cc1ccc(OCC(=O)Nc2ccc3c(=O)c4ccccc4oc3c2)cc1. The number of para-hydroxylation sites is 1. The van der Waals surface area contributed by atoms with Crippen LogP contribution in [0.3, 0.4) is 0 Å². The smallest absolute Gasteiger partial charge is 0.262 e. The zero-order valence-electron chi connectivity index (χ0n) is 14.7. The van der Waals surface area contributed by atoms with Crippen molar-refractivity contribution < 1.29 is 13.9 Å². The molecule has 0 bridgehead atoms. The second-order valence-corrected chi connectivity index (χ2v) is 6.29. The van der Waals surface area contributed by atoms with E-state index in [-0.39, 0.29) is 17.9 Å². The number of fused-ring (bicyclic) bond motifs is 2. The maximum atomic E-state index is 12.5.